The molecule has 1 heterocycles. The molecule has 0 saturated heterocycles. The quantitative estimate of drug-likeness (QED) is 0.737. The molecule has 1 aromatic heterocycles. The number of nitrogens with zero attached hydrogens (tertiary/aromatic N) is 3. The Kier molecular flexibility index (Phi) is 3.23. The van der Waals surface area contributed by atoms with E-state index in [1.165, 1.54) is 24.4 Å². The average molecular weight is 258 g/mol. The van der Waals surface area contributed by atoms with E-state index in [2.05, 4.69) is 4.98 Å². The molecule has 0 saturated carbocycles. The number of halogens is 2. The third-order valence-corrected chi connectivity index (χ3v) is 2.71. The Hall–Kier alpha value is -2.43. The van der Waals surface area contributed by atoms with E-state index in [9.17, 15) is 4.39 Å². The minimum Gasteiger partial charge on any atom is -0.228 e. The minimum atomic E-state index is -0.673. The van der Waals surface area contributed by atoms with Gasteiger partial charge in [-0.1, -0.05) is 11.6 Å². The van der Waals surface area contributed by atoms with E-state index < -0.39 is 5.95 Å². The molecule has 0 fully saturated rings. The zero-order valence-corrected chi connectivity index (χ0v) is 9.74. The zero-order chi connectivity index (χ0) is 13.1. The van der Waals surface area contributed by atoms with Crippen LogP contribution in [0.1, 0.15) is 11.1 Å². The van der Waals surface area contributed by atoms with Gasteiger partial charge in [0, 0.05) is 22.3 Å². The molecule has 0 spiro atoms. The van der Waals surface area contributed by atoms with Crippen molar-refractivity contribution in [2.24, 2.45) is 0 Å². The molecule has 3 nitrogen and oxygen atoms in total. The van der Waals surface area contributed by atoms with Crippen LogP contribution in [0.15, 0.2) is 30.5 Å². The maximum atomic E-state index is 13.6. The predicted octanol–water partition coefficient (Wildman–Crippen LogP) is 3.28. The Morgan fingerprint density at radius 1 is 1.11 bits per heavy atom. The van der Waals surface area contributed by atoms with Crippen molar-refractivity contribution in [3.05, 3.63) is 52.6 Å². The molecular weight excluding hydrogens is 253 g/mol. The van der Waals surface area contributed by atoms with Crippen molar-refractivity contribution in [2.45, 2.75) is 0 Å². The summed E-state index contributed by atoms with van der Waals surface area (Å²) in [7, 11) is 0. The van der Waals surface area contributed by atoms with Crippen molar-refractivity contribution in [3.8, 4) is 23.3 Å². The summed E-state index contributed by atoms with van der Waals surface area (Å²) >= 11 is 5.99. The number of hydrogen-bond acceptors (Lipinski definition) is 3. The standard InChI is InChI=1S/C13H5ClFN3/c14-12-5-9(7-17)8(6-16)4-11(12)10-2-1-3-18-13(10)15/h1-5H. The van der Waals surface area contributed by atoms with Crippen molar-refractivity contribution in [2.75, 3.05) is 0 Å². The van der Waals surface area contributed by atoms with Crippen molar-refractivity contribution in [1.29, 1.82) is 10.5 Å². The fraction of sp³-hybridized carbons (Fsp3) is 0. The molecule has 0 aliphatic heterocycles. The van der Waals surface area contributed by atoms with Gasteiger partial charge in [0.05, 0.1) is 11.1 Å². The first-order valence-electron chi connectivity index (χ1n) is 4.92. The monoisotopic (exact) mass is 257 g/mol. The molecular formula is C13H5ClFN3. The van der Waals surface area contributed by atoms with Gasteiger partial charge in [0.15, 0.2) is 0 Å². The molecule has 0 amide bonds. The summed E-state index contributed by atoms with van der Waals surface area (Å²) in [5.41, 5.74) is 0.858. The van der Waals surface area contributed by atoms with Crippen molar-refractivity contribution in [3.63, 3.8) is 0 Å². The SMILES string of the molecule is N#Cc1cc(Cl)c(-c2cccnc2F)cc1C#N. The lowest BCUT2D eigenvalue weighted by Crippen LogP contribution is -1.92. The summed E-state index contributed by atoms with van der Waals surface area (Å²) in [5, 5.41) is 18.0. The van der Waals surface area contributed by atoms with Gasteiger partial charge in [0.1, 0.15) is 12.1 Å². The summed E-state index contributed by atoms with van der Waals surface area (Å²) in [4.78, 5) is 3.52. The van der Waals surface area contributed by atoms with E-state index >= 15 is 0 Å². The van der Waals surface area contributed by atoms with Crippen LogP contribution in [0.4, 0.5) is 4.39 Å². The zero-order valence-electron chi connectivity index (χ0n) is 8.98. The summed E-state index contributed by atoms with van der Waals surface area (Å²) < 4.78 is 13.6. The van der Waals surface area contributed by atoms with E-state index in [1.54, 1.807) is 6.07 Å². The second-order valence-corrected chi connectivity index (χ2v) is 3.85. The van der Waals surface area contributed by atoms with Gasteiger partial charge in [0.25, 0.3) is 0 Å². The van der Waals surface area contributed by atoms with Crippen LogP contribution < -0.4 is 0 Å². The Balaban J connectivity index is 2.72. The van der Waals surface area contributed by atoms with Crippen molar-refractivity contribution < 1.29 is 4.39 Å². The third-order valence-electron chi connectivity index (χ3n) is 2.40. The van der Waals surface area contributed by atoms with Crippen LogP contribution in [-0.4, -0.2) is 4.98 Å². The topological polar surface area (TPSA) is 60.5 Å². The van der Waals surface area contributed by atoms with E-state index in [-0.39, 0.29) is 21.7 Å². The van der Waals surface area contributed by atoms with Gasteiger partial charge in [-0.15, -0.1) is 0 Å². The first-order valence-corrected chi connectivity index (χ1v) is 5.29. The molecule has 0 radical (unpaired) electrons. The van der Waals surface area contributed by atoms with Crippen molar-refractivity contribution >= 4 is 11.6 Å². The van der Waals surface area contributed by atoms with Gasteiger partial charge < -0.3 is 0 Å². The van der Waals surface area contributed by atoms with Gasteiger partial charge in [0.2, 0.25) is 5.95 Å². The van der Waals surface area contributed by atoms with E-state index in [0.717, 1.165) is 0 Å². The largest absolute Gasteiger partial charge is 0.228 e. The third kappa shape index (κ3) is 2.02. The number of rotatable bonds is 1. The lowest BCUT2D eigenvalue weighted by Gasteiger charge is -2.06. The number of pyridine rings is 1. The van der Waals surface area contributed by atoms with Crippen LogP contribution in [0.25, 0.3) is 11.1 Å². The van der Waals surface area contributed by atoms with Crippen molar-refractivity contribution in [1.82, 2.24) is 4.98 Å². The van der Waals surface area contributed by atoms with Crippen LogP contribution in [-0.2, 0) is 0 Å². The molecule has 1 aromatic carbocycles. The Morgan fingerprint density at radius 3 is 2.39 bits per heavy atom. The highest BCUT2D eigenvalue weighted by Gasteiger charge is 2.13. The molecule has 0 atom stereocenters. The number of aromatic nitrogens is 1. The van der Waals surface area contributed by atoms with Gasteiger partial charge in [-0.3, -0.25) is 0 Å². The van der Waals surface area contributed by atoms with E-state index in [4.69, 9.17) is 22.1 Å². The summed E-state index contributed by atoms with van der Waals surface area (Å²) in [6.07, 6.45) is 1.32. The average Bonchev–Trinajstić information content (AvgIpc) is 2.39. The van der Waals surface area contributed by atoms with Gasteiger partial charge >= 0.3 is 0 Å². The van der Waals surface area contributed by atoms with Gasteiger partial charge in [-0.25, -0.2) is 4.98 Å². The van der Waals surface area contributed by atoms with E-state index in [0.29, 0.717) is 5.56 Å². The highest BCUT2D eigenvalue weighted by molar-refractivity contribution is 6.33. The molecule has 2 rings (SSSR count). The fourth-order valence-corrected chi connectivity index (χ4v) is 1.82. The molecule has 0 unspecified atom stereocenters. The highest BCUT2D eigenvalue weighted by atomic mass is 35.5. The number of nitriles is 2. The molecule has 0 N–H and O–H groups in total. The van der Waals surface area contributed by atoms with E-state index in [1.807, 2.05) is 12.1 Å². The molecule has 2 aromatic rings. The normalized spacial score (nSPS) is 9.56. The van der Waals surface area contributed by atoms with Gasteiger partial charge in [-0.05, 0) is 24.3 Å². The highest BCUT2D eigenvalue weighted by Crippen LogP contribution is 2.31. The maximum absolute atomic E-state index is 13.6. The fourth-order valence-electron chi connectivity index (χ4n) is 1.55. The molecule has 0 bridgehead atoms. The molecule has 5 heteroatoms. The smallest absolute Gasteiger partial charge is 0.220 e. The Morgan fingerprint density at radius 2 is 1.78 bits per heavy atom. The summed E-state index contributed by atoms with van der Waals surface area (Å²) in [6, 6.07) is 9.56. The Bertz CT molecular complexity index is 698. The van der Waals surface area contributed by atoms with Gasteiger partial charge in [-0.2, -0.15) is 14.9 Å². The first-order chi connectivity index (χ1) is 8.67. The summed E-state index contributed by atoms with van der Waals surface area (Å²) in [6.45, 7) is 0. The lowest BCUT2D eigenvalue weighted by atomic mass is 10.0. The van der Waals surface area contributed by atoms with Crippen LogP contribution in [0.2, 0.25) is 5.02 Å². The lowest BCUT2D eigenvalue weighted by molar-refractivity contribution is 0.587. The van der Waals surface area contributed by atoms with Crippen LogP contribution in [0, 0.1) is 28.6 Å². The molecule has 0 aliphatic rings. The van der Waals surface area contributed by atoms with Crippen LogP contribution >= 0.6 is 11.6 Å². The number of benzene rings is 1. The maximum Gasteiger partial charge on any atom is 0.220 e. The second-order valence-electron chi connectivity index (χ2n) is 3.44. The van der Waals surface area contributed by atoms with Crippen LogP contribution in [0.5, 0.6) is 0 Å². The first kappa shape index (κ1) is 12.0. The Labute approximate surface area is 108 Å². The van der Waals surface area contributed by atoms with Crippen LogP contribution in [0.3, 0.4) is 0 Å². The molecule has 18 heavy (non-hydrogen) atoms. The molecule has 86 valence electrons. The predicted molar refractivity (Wildman–Crippen MR) is 64.1 cm³/mol. The molecule has 0 aliphatic carbocycles. The number of hydrogen-bond donors (Lipinski definition) is 0. The summed E-state index contributed by atoms with van der Waals surface area (Å²) in [5.74, 6) is -0.673. The minimum absolute atomic E-state index is 0.153. The second kappa shape index (κ2) is 4.83.